The predicted molar refractivity (Wildman–Crippen MR) is 77.6 cm³/mol. The summed E-state index contributed by atoms with van der Waals surface area (Å²) in [4.78, 5) is 16.7. The number of hydrogen-bond donors (Lipinski definition) is 0. The van der Waals surface area contributed by atoms with E-state index in [4.69, 9.17) is 4.42 Å². The normalized spacial score (nSPS) is 28.6. The Hall–Kier alpha value is -1.29. The summed E-state index contributed by atoms with van der Waals surface area (Å²) < 4.78 is 5.20. The van der Waals surface area contributed by atoms with Crippen LogP contribution in [0.5, 0.6) is 0 Å². The van der Waals surface area contributed by atoms with Crippen LogP contribution in [0.1, 0.15) is 43.2 Å². The average molecular weight is 276 g/mol. The molecule has 1 amide bonds. The van der Waals surface area contributed by atoms with Gasteiger partial charge in [0.1, 0.15) is 0 Å². The van der Waals surface area contributed by atoms with Crippen molar-refractivity contribution in [2.75, 3.05) is 26.2 Å². The van der Waals surface area contributed by atoms with E-state index in [1.54, 1.807) is 18.4 Å². The highest BCUT2D eigenvalue weighted by molar-refractivity contribution is 5.91. The van der Waals surface area contributed by atoms with Gasteiger partial charge in [0.25, 0.3) is 5.91 Å². The Labute approximate surface area is 120 Å². The summed E-state index contributed by atoms with van der Waals surface area (Å²) in [5.41, 5.74) is 0. The molecule has 0 unspecified atom stereocenters. The molecule has 2 heterocycles. The molecule has 4 heteroatoms. The second kappa shape index (κ2) is 6.00. The Morgan fingerprint density at radius 3 is 2.45 bits per heavy atom. The molecule has 1 aliphatic heterocycles. The Bertz CT molecular complexity index is 427. The van der Waals surface area contributed by atoms with E-state index >= 15 is 0 Å². The van der Waals surface area contributed by atoms with E-state index in [0.29, 0.717) is 5.76 Å². The van der Waals surface area contributed by atoms with Crippen LogP contribution >= 0.6 is 0 Å². The standard InChI is InChI=1S/C16H24N2O2/c1-13-4-6-14(7-5-13)17-8-10-18(11-9-17)16(19)15-3-2-12-20-15/h2-3,12-14H,4-11H2,1H3. The van der Waals surface area contributed by atoms with E-state index < -0.39 is 0 Å². The lowest BCUT2D eigenvalue weighted by atomic mass is 9.86. The molecule has 3 rings (SSSR count). The number of carbonyl (C=O) groups is 1. The first-order valence-corrected chi connectivity index (χ1v) is 7.81. The molecule has 1 saturated heterocycles. The Morgan fingerprint density at radius 2 is 1.85 bits per heavy atom. The zero-order valence-corrected chi connectivity index (χ0v) is 12.3. The summed E-state index contributed by atoms with van der Waals surface area (Å²) in [5.74, 6) is 1.39. The smallest absolute Gasteiger partial charge is 0.289 e. The van der Waals surface area contributed by atoms with Crippen molar-refractivity contribution in [3.05, 3.63) is 24.2 Å². The van der Waals surface area contributed by atoms with Crippen molar-refractivity contribution in [1.82, 2.24) is 9.80 Å². The van der Waals surface area contributed by atoms with E-state index in [1.807, 2.05) is 4.90 Å². The SMILES string of the molecule is CC1CCC(N2CCN(C(=O)c3ccco3)CC2)CC1. The molecule has 1 aliphatic carbocycles. The van der Waals surface area contributed by atoms with Gasteiger partial charge in [0.15, 0.2) is 5.76 Å². The molecule has 0 bridgehead atoms. The molecule has 20 heavy (non-hydrogen) atoms. The number of carbonyl (C=O) groups excluding carboxylic acids is 1. The minimum absolute atomic E-state index is 0.0342. The van der Waals surface area contributed by atoms with Crippen LogP contribution in [-0.4, -0.2) is 47.9 Å². The van der Waals surface area contributed by atoms with E-state index in [2.05, 4.69) is 11.8 Å². The van der Waals surface area contributed by atoms with Crippen molar-refractivity contribution in [1.29, 1.82) is 0 Å². The van der Waals surface area contributed by atoms with E-state index in [0.717, 1.165) is 38.1 Å². The number of rotatable bonds is 2. The second-order valence-corrected chi connectivity index (χ2v) is 6.22. The molecular formula is C16H24N2O2. The van der Waals surface area contributed by atoms with Crippen LogP contribution in [0.3, 0.4) is 0 Å². The lowest BCUT2D eigenvalue weighted by Gasteiger charge is -2.41. The van der Waals surface area contributed by atoms with Gasteiger partial charge in [-0.15, -0.1) is 0 Å². The van der Waals surface area contributed by atoms with Crippen LogP contribution in [0, 0.1) is 5.92 Å². The molecule has 110 valence electrons. The maximum absolute atomic E-state index is 12.2. The van der Waals surface area contributed by atoms with Crippen LogP contribution < -0.4 is 0 Å². The van der Waals surface area contributed by atoms with Gasteiger partial charge in [0, 0.05) is 32.2 Å². The van der Waals surface area contributed by atoms with Crippen molar-refractivity contribution < 1.29 is 9.21 Å². The maximum atomic E-state index is 12.2. The summed E-state index contributed by atoms with van der Waals surface area (Å²) >= 11 is 0. The highest BCUT2D eigenvalue weighted by atomic mass is 16.3. The van der Waals surface area contributed by atoms with Gasteiger partial charge in [-0.1, -0.05) is 6.92 Å². The lowest BCUT2D eigenvalue weighted by molar-refractivity contribution is 0.0477. The Balaban J connectivity index is 1.51. The van der Waals surface area contributed by atoms with Gasteiger partial charge >= 0.3 is 0 Å². The largest absolute Gasteiger partial charge is 0.459 e. The zero-order valence-electron chi connectivity index (χ0n) is 12.3. The third kappa shape index (κ3) is 2.90. The predicted octanol–water partition coefficient (Wildman–Crippen LogP) is 2.62. The summed E-state index contributed by atoms with van der Waals surface area (Å²) in [5, 5.41) is 0. The number of furan rings is 1. The Kier molecular flexibility index (Phi) is 4.10. The van der Waals surface area contributed by atoms with E-state index in [1.165, 1.54) is 25.7 Å². The summed E-state index contributed by atoms with van der Waals surface area (Å²) in [6.45, 7) is 6.02. The lowest BCUT2D eigenvalue weighted by Crippen LogP contribution is -2.52. The topological polar surface area (TPSA) is 36.7 Å². The summed E-state index contributed by atoms with van der Waals surface area (Å²) in [6, 6.07) is 4.26. The van der Waals surface area contributed by atoms with Gasteiger partial charge in [-0.25, -0.2) is 0 Å². The zero-order chi connectivity index (χ0) is 13.9. The molecule has 1 aromatic heterocycles. The summed E-state index contributed by atoms with van der Waals surface area (Å²) in [6.07, 6.45) is 6.93. The summed E-state index contributed by atoms with van der Waals surface area (Å²) in [7, 11) is 0. The second-order valence-electron chi connectivity index (χ2n) is 6.22. The number of amides is 1. The van der Waals surface area contributed by atoms with Gasteiger partial charge in [-0.3, -0.25) is 9.69 Å². The van der Waals surface area contributed by atoms with Crippen LogP contribution in [0.4, 0.5) is 0 Å². The van der Waals surface area contributed by atoms with Gasteiger partial charge in [0.2, 0.25) is 0 Å². The number of piperazine rings is 1. The van der Waals surface area contributed by atoms with Gasteiger partial charge in [-0.05, 0) is 43.7 Å². The minimum atomic E-state index is 0.0342. The third-order valence-corrected chi connectivity index (χ3v) is 4.84. The molecule has 0 spiro atoms. The van der Waals surface area contributed by atoms with Crippen LogP contribution in [0.2, 0.25) is 0 Å². The van der Waals surface area contributed by atoms with E-state index in [-0.39, 0.29) is 5.91 Å². The molecule has 0 N–H and O–H groups in total. The van der Waals surface area contributed by atoms with Crippen molar-refractivity contribution in [3.63, 3.8) is 0 Å². The quantitative estimate of drug-likeness (QED) is 0.833. The molecule has 1 saturated carbocycles. The van der Waals surface area contributed by atoms with Crippen molar-refractivity contribution in [2.24, 2.45) is 5.92 Å². The molecule has 0 aromatic carbocycles. The Morgan fingerprint density at radius 1 is 1.15 bits per heavy atom. The fraction of sp³-hybridized carbons (Fsp3) is 0.688. The third-order valence-electron chi connectivity index (χ3n) is 4.84. The number of nitrogens with zero attached hydrogens (tertiary/aromatic N) is 2. The van der Waals surface area contributed by atoms with Crippen LogP contribution in [-0.2, 0) is 0 Å². The van der Waals surface area contributed by atoms with Gasteiger partial charge in [0.05, 0.1) is 6.26 Å². The van der Waals surface area contributed by atoms with Crippen molar-refractivity contribution in [3.8, 4) is 0 Å². The molecular weight excluding hydrogens is 252 g/mol. The maximum Gasteiger partial charge on any atom is 0.289 e. The first kappa shape index (κ1) is 13.7. The first-order chi connectivity index (χ1) is 9.74. The average Bonchev–Trinajstić information content (AvgIpc) is 3.02. The molecule has 2 aliphatic rings. The molecule has 4 nitrogen and oxygen atoms in total. The molecule has 1 aromatic rings. The fourth-order valence-corrected chi connectivity index (χ4v) is 3.45. The van der Waals surface area contributed by atoms with Crippen molar-refractivity contribution >= 4 is 5.91 Å². The molecule has 0 radical (unpaired) electrons. The van der Waals surface area contributed by atoms with Crippen molar-refractivity contribution in [2.45, 2.75) is 38.6 Å². The fourth-order valence-electron chi connectivity index (χ4n) is 3.45. The molecule has 0 atom stereocenters. The first-order valence-electron chi connectivity index (χ1n) is 7.81. The monoisotopic (exact) mass is 276 g/mol. The van der Waals surface area contributed by atoms with Gasteiger partial charge < -0.3 is 9.32 Å². The van der Waals surface area contributed by atoms with Gasteiger partial charge in [-0.2, -0.15) is 0 Å². The highest BCUT2D eigenvalue weighted by Gasteiger charge is 2.29. The highest BCUT2D eigenvalue weighted by Crippen LogP contribution is 2.27. The van der Waals surface area contributed by atoms with Crippen LogP contribution in [0.25, 0.3) is 0 Å². The van der Waals surface area contributed by atoms with E-state index in [9.17, 15) is 4.79 Å². The van der Waals surface area contributed by atoms with Crippen LogP contribution in [0.15, 0.2) is 22.8 Å². The minimum Gasteiger partial charge on any atom is -0.459 e. The molecule has 2 fully saturated rings. The number of hydrogen-bond acceptors (Lipinski definition) is 3.